The molecule has 0 amide bonds. The zero-order valence-electron chi connectivity index (χ0n) is 15.3. The van der Waals surface area contributed by atoms with Crippen molar-refractivity contribution in [2.45, 2.75) is 24.6 Å². The number of benzene rings is 2. The molecule has 2 aliphatic rings. The standard InChI is InChI=1S/C21H19BrF3NO2/c1-27-17-10-11(9-16(22)20(17)28-2)18-13-6-3-5-12(13)14-7-4-8-15(19(14)26-18)21(23,24)25/h3-5,7-10,12-13,18,26H,6H2,1-2H3/t12?,13?,18-/m0/s1. The summed E-state index contributed by atoms with van der Waals surface area (Å²) >= 11 is 3.49. The molecule has 148 valence electrons. The van der Waals surface area contributed by atoms with Gasteiger partial charge in [0, 0.05) is 5.92 Å². The Bertz CT molecular complexity index is 942. The molecule has 4 rings (SSSR count). The first kappa shape index (κ1) is 19.2. The van der Waals surface area contributed by atoms with Crippen molar-refractivity contribution in [2.75, 3.05) is 19.5 Å². The van der Waals surface area contributed by atoms with E-state index < -0.39 is 11.7 Å². The van der Waals surface area contributed by atoms with Gasteiger partial charge < -0.3 is 14.8 Å². The number of halogens is 4. The summed E-state index contributed by atoms with van der Waals surface area (Å²) in [5.74, 6) is 1.15. The van der Waals surface area contributed by atoms with E-state index in [-0.39, 0.29) is 23.6 Å². The third kappa shape index (κ3) is 3.05. The van der Waals surface area contributed by atoms with Crippen molar-refractivity contribution in [2.24, 2.45) is 5.92 Å². The van der Waals surface area contributed by atoms with Crippen molar-refractivity contribution < 1.29 is 22.6 Å². The fraction of sp³-hybridized carbons (Fsp3) is 0.333. The van der Waals surface area contributed by atoms with Gasteiger partial charge in [-0.25, -0.2) is 0 Å². The van der Waals surface area contributed by atoms with E-state index in [0.717, 1.165) is 18.1 Å². The Balaban J connectivity index is 1.85. The molecule has 0 saturated carbocycles. The normalized spacial score (nSPS) is 23.0. The topological polar surface area (TPSA) is 30.5 Å². The minimum absolute atomic E-state index is 0.0598. The first-order valence-corrected chi connectivity index (χ1v) is 9.69. The van der Waals surface area contributed by atoms with E-state index in [4.69, 9.17) is 9.47 Å². The van der Waals surface area contributed by atoms with Gasteiger partial charge in [-0.05, 0) is 57.6 Å². The number of methoxy groups -OCH3 is 2. The Morgan fingerprint density at radius 1 is 1.14 bits per heavy atom. The second-order valence-electron chi connectivity index (χ2n) is 6.98. The van der Waals surface area contributed by atoms with E-state index in [9.17, 15) is 13.2 Å². The number of fused-ring (bicyclic) bond motifs is 3. The number of anilines is 1. The van der Waals surface area contributed by atoms with Crippen LogP contribution in [0.2, 0.25) is 0 Å². The average molecular weight is 454 g/mol. The molecule has 3 nitrogen and oxygen atoms in total. The fourth-order valence-electron chi connectivity index (χ4n) is 4.31. The van der Waals surface area contributed by atoms with Crippen LogP contribution in [0.3, 0.4) is 0 Å². The third-order valence-corrected chi connectivity index (χ3v) is 6.11. The largest absolute Gasteiger partial charge is 0.493 e. The van der Waals surface area contributed by atoms with Gasteiger partial charge in [-0.15, -0.1) is 0 Å². The van der Waals surface area contributed by atoms with Gasteiger partial charge in [-0.3, -0.25) is 0 Å². The van der Waals surface area contributed by atoms with E-state index in [0.29, 0.717) is 21.5 Å². The van der Waals surface area contributed by atoms with Gasteiger partial charge in [0.25, 0.3) is 0 Å². The molecule has 0 fully saturated rings. The van der Waals surface area contributed by atoms with Crippen LogP contribution in [0, 0.1) is 5.92 Å². The first-order valence-electron chi connectivity index (χ1n) is 8.90. The molecule has 0 radical (unpaired) electrons. The molecule has 1 aliphatic heterocycles. The molecule has 0 aromatic heterocycles. The van der Waals surface area contributed by atoms with E-state index in [1.165, 1.54) is 6.07 Å². The van der Waals surface area contributed by atoms with Gasteiger partial charge in [0.1, 0.15) is 0 Å². The van der Waals surface area contributed by atoms with Gasteiger partial charge in [-0.1, -0.05) is 24.3 Å². The maximum Gasteiger partial charge on any atom is 0.418 e. The molecule has 0 spiro atoms. The highest BCUT2D eigenvalue weighted by atomic mass is 79.9. The zero-order chi connectivity index (χ0) is 20.1. The van der Waals surface area contributed by atoms with Crippen LogP contribution in [0.1, 0.15) is 35.1 Å². The molecule has 2 unspecified atom stereocenters. The SMILES string of the molecule is COc1cc([C@@H]2Nc3c(cccc3C(F)(F)F)C3C=CCC32)cc(Br)c1OC. The fourth-order valence-corrected chi connectivity index (χ4v) is 4.93. The van der Waals surface area contributed by atoms with E-state index in [1.807, 2.05) is 18.2 Å². The first-order chi connectivity index (χ1) is 13.3. The van der Waals surface area contributed by atoms with Crippen molar-refractivity contribution in [3.05, 3.63) is 63.6 Å². The maximum absolute atomic E-state index is 13.6. The molecule has 7 heteroatoms. The lowest BCUT2D eigenvalue weighted by molar-refractivity contribution is -0.137. The Morgan fingerprint density at radius 3 is 2.61 bits per heavy atom. The number of alkyl halides is 3. The summed E-state index contributed by atoms with van der Waals surface area (Å²) in [6.45, 7) is 0. The van der Waals surface area contributed by atoms with E-state index in [2.05, 4.69) is 27.3 Å². The zero-order valence-corrected chi connectivity index (χ0v) is 16.9. The van der Waals surface area contributed by atoms with Crippen LogP contribution in [0.25, 0.3) is 0 Å². The maximum atomic E-state index is 13.6. The molecule has 28 heavy (non-hydrogen) atoms. The van der Waals surface area contributed by atoms with Crippen LogP contribution in [0.4, 0.5) is 18.9 Å². The molecule has 2 aromatic carbocycles. The number of allylic oxidation sites excluding steroid dienone is 2. The predicted molar refractivity (Wildman–Crippen MR) is 105 cm³/mol. The van der Waals surface area contributed by atoms with Crippen LogP contribution < -0.4 is 14.8 Å². The molecule has 3 atom stereocenters. The van der Waals surface area contributed by atoms with Crippen LogP contribution in [-0.2, 0) is 6.18 Å². The Morgan fingerprint density at radius 2 is 1.93 bits per heavy atom. The van der Waals surface area contributed by atoms with Crippen molar-refractivity contribution in [3.63, 3.8) is 0 Å². The molecule has 1 aliphatic carbocycles. The van der Waals surface area contributed by atoms with Crippen molar-refractivity contribution in [3.8, 4) is 11.5 Å². The van der Waals surface area contributed by atoms with Crippen LogP contribution >= 0.6 is 15.9 Å². The van der Waals surface area contributed by atoms with Crippen molar-refractivity contribution in [1.82, 2.24) is 0 Å². The summed E-state index contributed by atoms with van der Waals surface area (Å²) in [5, 5.41) is 3.20. The lowest BCUT2D eigenvalue weighted by Gasteiger charge is -2.39. The van der Waals surface area contributed by atoms with Gasteiger partial charge in [0.2, 0.25) is 0 Å². The molecular weight excluding hydrogens is 435 g/mol. The van der Waals surface area contributed by atoms with Gasteiger partial charge in [0.15, 0.2) is 11.5 Å². The number of ether oxygens (including phenoxy) is 2. The van der Waals surface area contributed by atoms with E-state index >= 15 is 0 Å². The Hall–Kier alpha value is -2.15. The Kier molecular flexibility index (Phi) is 4.81. The monoisotopic (exact) mass is 453 g/mol. The quantitative estimate of drug-likeness (QED) is 0.552. The van der Waals surface area contributed by atoms with Crippen molar-refractivity contribution >= 4 is 21.6 Å². The predicted octanol–water partition coefficient (Wildman–Crippen LogP) is 6.31. The molecule has 0 bridgehead atoms. The minimum atomic E-state index is -4.42. The lowest BCUT2D eigenvalue weighted by atomic mass is 9.76. The lowest BCUT2D eigenvalue weighted by Crippen LogP contribution is -2.30. The molecule has 1 heterocycles. The second kappa shape index (κ2) is 7.03. The number of hydrogen-bond acceptors (Lipinski definition) is 3. The smallest absolute Gasteiger partial charge is 0.418 e. The minimum Gasteiger partial charge on any atom is -0.493 e. The molecule has 2 aromatic rings. The number of nitrogens with one attached hydrogen (secondary N) is 1. The van der Waals surface area contributed by atoms with Crippen LogP contribution in [0.5, 0.6) is 11.5 Å². The van der Waals surface area contributed by atoms with Gasteiger partial charge in [0.05, 0.1) is 36.0 Å². The second-order valence-corrected chi connectivity index (χ2v) is 7.84. The van der Waals surface area contributed by atoms with Crippen molar-refractivity contribution in [1.29, 1.82) is 0 Å². The Labute approximate surface area is 169 Å². The van der Waals surface area contributed by atoms with Crippen LogP contribution in [0.15, 0.2) is 47.0 Å². The summed E-state index contributed by atoms with van der Waals surface area (Å²) in [4.78, 5) is 0. The molecular formula is C21H19BrF3NO2. The summed E-state index contributed by atoms with van der Waals surface area (Å²) in [7, 11) is 3.09. The highest BCUT2D eigenvalue weighted by Gasteiger charge is 2.43. The van der Waals surface area contributed by atoms with Gasteiger partial charge in [-0.2, -0.15) is 13.2 Å². The third-order valence-electron chi connectivity index (χ3n) is 5.52. The summed E-state index contributed by atoms with van der Waals surface area (Å²) in [6, 6.07) is 7.83. The highest BCUT2D eigenvalue weighted by Crippen LogP contribution is 2.53. The number of para-hydroxylation sites is 1. The summed E-state index contributed by atoms with van der Waals surface area (Å²) in [5.41, 5.74) is 1.09. The van der Waals surface area contributed by atoms with Gasteiger partial charge >= 0.3 is 6.18 Å². The summed E-state index contributed by atoms with van der Waals surface area (Å²) in [6.07, 6.45) is 0.447. The average Bonchev–Trinajstić information content (AvgIpc) is 3.15. The summed E-state index contributed by atoms with van der Waals surface area (Å²) < 4.78 is 52.4. The number of hydrogen-bond donors (Lipinski definition) is 1. The number of rotatable bonds is 3. The highest BCUT2D eigenvalue weighted by molar-refractivity contribution is 9.10. The molecule has 1 N–H and O–H groups in total. The van der Waals surface area contributed by atoms with Crippen LogP contribution in [-0.4, -0.2) is 14.2 Å². The molecule has 0 saturated heterocycles. The van der Waals surface area contributed by atoms with E-state index in [1.54, 1.807) is 20.3 Å².